The quantitative estimate of drug-likeness (QED) is 0.141. The van der Waals surface area contributed by atoms with Crippen LogP contribution in [-0.2, 0) is 19.7 Å². The number of carbonyl (C=O) groups excluding carboxylic acids is 1. The second-order valence-corrected chi connectivity index (χ2v) is 11.3. The molecule has 1 amide bonds. The van der Waals surface area contributed by atoms with Gasteiger partial charge < -0.3 is 20.7 Å². The zero-order valence-corrected chi connectivity index (χ0v) is 25.0. The van der Waals surface area contributed by atoms with Crippen LogP contribution in [0.3, 0.4) is 0 Å². The van der Waals surface area contributed by atoms with E-state index in [1.54, 1.807) is 23.6 Å². The largest absolute Gasteiger partial charge is 0.487 e. The molecule has 6 rings (SSSR count). The summed E-state index contributed by atoms with van der Waals surface area (Å²) in [5.41, 5.74) is 3.55. The third-order valence-corrected chi connectivity index (χ3v) is 8.18. The van der Waals surface area contributed by atoms with Crippen LogP contribution in [0, 0.1) is 11.6 Å². The first-order valence-corrected chi connectivity index (χ1v) is 14.9. The van der Waals surface area contributed by atoms with Crippen LogP contribution in [0.4, 0.5) is 20.4 Å². The van der Waals surface area contributed by atoms with Gasteiger partial charge in [0.1, 0.15) is 30.3 Å². The molecule has 0 aliphatic carbocycles. The molecule has 0 aliphatic heterocycles. The molecule has 45 heavy (non-hydrogen) atoms. The summed E-state index contributed by atoms with van der Waals surface area (Å²) in [4.78, 5) is 28.6. The van der Waals surface area contributed by atoms with Gasteiger partial charge in [-0.15, -0.1) is 11.3 Å². The lowest BCUT2D eigenvalue weighted by Crippen LogP contribution is -2.24. The van der Waals surface area contributed by atoms with Gasteiger partial charge in [0.15, 0.2) is 11.6 Å². The van der Waals surface area contributed by atoms with E-state index in [0.717, 1.165) is 49.7 Å². The van der Waals surface area contributed by atoms with Crippen LogP contribution < -0.4 is 20.7 Å². The molecule has 8 nitrogen and oxygen atoms in total. The molecule has 11 heteroatoms. The smallest absolute Gasteiger partial charge is 0.255 e. The van der Waals surface area contributed by atoms with Crippen molar-refractivity contribution < 1.29 is 18.3 Å². The minimum atomic E-state index is -0.975. The maximum atomic E-state index is 13.7. The lowest BCUT2D eigenvalue weighted by molar-refractivity contribution is 0.0950. The van der Waals surface area contributed by atoms with Gasteiger partial charge in [-0.05, 0) is 59.2 Å². The van der Waals surface area contributed by atoms with Crippen LogP contribution in [0.2, 0.25) is 0 Å². The first-order valence-electron chi connectivity index (χ1n) is 14.1. The molecule has 0 atom stereocenters. The van der Waals surface area contributed by atoms with Crippen LogP contribution in [0.15, 0.2) is 97.5 Å². The summed E-state index contributed by atoms with van der Waals surface area (Å²) >= 11 is 1.62. The van der Waals surface area contributed by atoms with Crippen molar-refractivity contribution in [2.45, 2.75) is 19.7 Å². The Morgan fingerprint density at radius 3 is 2.53 bits per heavy atom. The van der Waals surface area contributed by atoms with Gasteiger partial charge in [0.25, 0.3) is 5.91 Å². The van der Waals surface area contributed by atoms with E-state index in [2.05, 4.69) is 43.0 Å². The summed E-state index contributed by atoms with van der Waals surface area (Å²) in [6.45, 7) is 0.731. The maximum absolute atomic E-state index is 13.7. The highest BCUT2D eigenvalue weighted by Crippen LogP contribution is 2.32. The van der Waals surface area contributed by atoms with E-state index in [4.69, 9.17) is 4.74 Å². The first kappa shape index (κ1) is 29.6. The predicted octanol–water partition coefficient (Wildman–Crippen LogP) is 7.19. The van der Waals surface area contributed by atoms with Crippen molar-refractivity contribution in [3.63, 3.8) is 0 Å². The number of anilines is 2. The fraction of sp³-hybridized carbons (Fsp3) is 0.118. The van der Waals surface area contributed by atoms with E-state index >= 15 is 0 Å². The van der Waals surface area contributed by atoms with E-state index in [1.165, 1.54) is 12.4 Å². The molecule has 3 aromatic carbocycles. The van der Waals surface area contributed by atoms with E-state index in [-0.39, 0.29) is 12.1 Å². The predicted molar refractivity (Wildman–Crippen MR) is 172 cm³/mol. The molecule has 0 spiro atoms. The van der Waals surface area contributed by atoms with Crippen molar-refractivity contribution in [2.75, 3.05) is 17.7 Å². The fourth-order valence-electron chi connectivity index (χ4n) is 4.71. The normalized spacial score (nSPS) is 10.9. The molecule has 0 aliphatic rings. The Bertz CT molecular complexity index is 1970. The highest BCUT2D eigenvalue weighted by Gasteiger charge is 2.16. The third-order valence-electron chi connectivity index (χ3n) is 7.04. The Hall–Kier alpha value is -5.42. The molecule has 0 fully saturated rings. The van der Waals surface area contributed by atoms with E-state index in [0.29, 0.717) is 30.3 Å². The summed E-state index contributed by atoms with van der Waals surface area (Å²) in [7, 11) is 1.83. The average molecular weight is 623 g/mol. The summed E-state index contributed by atoms with van der Waals surface area (Å²) in [5, 5.41) is 10.1. The number of carbonyl (C=O) groups is 1. The molecule has 0 saturated heterocycles. The van der Waals surface area contributed by atoms with E-state index in [9.17, 15) is 13.6 Å². The number of pyridine rings is 1. The van der Waals surface area contributed by atoms with Gasteiger partial charge in [-0.3, -0.25) is 4.79 Å². The van der Waals surface area contributed by atoms with Crippen molar-refractivity contribution in [1.82, 2.24) is 20.3 Å². The molecule has 0 bridgehead atoms. The number of hydrogen-bond acceptors (Lipinski definition) is 8. The first-order chi connectivity index (χ1) is 22.0. The average Bonchev–Trinajstić information content (AvgIpc) is 3.56. The van der Waals surface area contributed by atoms with Crippen molar-refractivity contribution in [3.05, 3.63) is 131 Å². The van der Waals surface area contributed by atoms with Gasteiger partial charge in [0, 0.05) is 28.7 Å². The molecule has 6 aromatic rings. The second kappa shape index (κ2) is 13.5. The SMILES string of the molecule is CNc1ncnc2ccc(-c3ccc(CNc4ncc(OCc5ccccc5)cc4C(=O)NCc4ccc(F)c(F)c4)s3)cc12. The molecule has 226 valence electrons. The van der Waals surface area contributed by atoms with Crippen LogP contribution >= 0.6 is 11.3 Å². The zero-order chi connectivity index (χ0) is 31.2. The Morgan fingerprint density at radius 1 is 0.844 bits per heavy atom. The van der Waals surface area contributed by atoms with E-state index < -0.39 is 17.5 Å². The number of fused-ring (bicyclic) bond motifs is 1. The standard InChI is InChI=1S/C34H28F2N6O2S/c1-37-32-26-14-23(8-11-30(26)41-20-42-32)31-12-9-25(45-31)18-39-33-27(34(43)40-16-22-7-10-28(35)29(36)13-22)15-24(17-38-33)44-19-21-5-3-2-4-6-21/h2-15,17,20H,16,18-19H2,1H3,(H,38,39)(H,40,43)(H,37,41,42). The monoisotopic (exact) mass is 622 g/mol. The molecular formula is C34H28F2N6O2S. The number of ether oxygens (including phenoxy) is 1. The van der Waals surface area contributed by atoms with Crippen molar-refractivity contribution in [2.24, 2.45) is 0 Å². The fourth-order valence-corrected chi connectivity index (χ4v) is 5.66. The van der Waals surface area contributed by atoms with E-state index in [1.807, 2.05) is 55.6 Å². The second-order valence-electron chi connectivity index (χ2n) is 10.1. The summed E-state index contributed by atoms with van der Waals surface area (Å²) in [5.74, 6) is -0.818. The third kappa shape index (κ3) is 7.05. The summed E-state index contributed by atoms with van der Waals surface area (Å²) in [6, 6.07) is 24.9. The summed E-state index contributed by atoms with van der Waals surface area (Å²) < 4.78 is 33.0. The summed E-state index contributed by atoms with van der Waals surface area (Å²) in [6.07, 6.45) is 3.10. The van der Waals surface area contributed by atoms with Gasteiger partial charge in [-0.25, -0.2) is 23.7 Å². The molecule has 0 radical (unpaired) electrons. The van der Waals surface area contributed by atoms with Crippen molar-refractivity contribution >= 4 is 39.8 Å². The van der Waals surface area contributed by atoms with Crippen LogP contribution in [0.25, 0.3) is 21.3 Å². The van der Waals surface area contributed by atoms with Gasteiger partial charge >= 0.3 is 0 Å². The van der Waals surface area contributed by atoms with Gasteiger partial charge in [0.2, 0.25) is 0 Å². The number of hydrogen-bond donors (Lipinski definition) is 3. The topological polar surface area (TPSA) is 101 Å². The van der Waals surface area contributed by atoms with Gasteiger partial charge in [0.05, 0.1) is 23.8 Å². The number of nitrogens with zero attached hydrogens (tertiary/aromatic N) is 3. The number of benzene rings is 3. The number of halogens is 2. The molecule has 3 heterocycles. The highest BCUT2D eigenvalue weighted by molar-refractivity contribution is 7.15. The van der Waals surface area contributed by atoms with Crippen molar-refractivity contribution in [1.29, 1.82) is 0 Å². The molecule has 0 unspecified atom stereocenters. The lowest BCUT2D eigenvalue weighted by Gasteiger charge is -2.14. The number of aromatic nitrogens is 3. The Balaban J connectivity index is 1.20. The van der Waals surface area contributed by atoms with Crippen LogP contribution in [0.5, 0.6) is 5.75 Å². The molecule has 0 saturated carbocycles. The minimum Gasteiger partial charge on any atom is -0.487 e. The Kier molecular flexibility index (Phi) is 8.88. The maximum Gasteiger partial charge on any atom is 0.255 e. The molecular weight excluding hydrogens is 594 g/mol. The Morgan fingerprint density at radius 2 is 1.71 bits per heavy atom. The highest BCUT2D eigenvalue weighted by atomic mass is 32.1. The molecule has 3 N–H and O–H groups in total. The van der Waals surface area contributed by atoms with Crippen LogP contribution in [-0.4, -0.2) is 27.9 Å². The number of rotatable bonds is 11. The number of amides is 1. The Labute approximate surface area is 262 Å². The van der Waals surface area contributed by atoms with Crippen molar-refractivity contribution in [3.8, 4) is 16.2 Å². The zero-order valence-electron chi connectivity index (χ0n) is 24.2. The van der Waals surface area contributed by atoms with Gasteiger partial charge in [-0.1, -0.05) is 42.5 Å². The molecule has 3 aromatic heterocycles. The minimum absolute atomic E-state index is 0.00488. The van der Waals surface area contributed by atoms with Gasteiger partial charge in [-0.2, -0.15) is 0 Å². The lowest BCUT2D eigenvalue weighted by atomic mass is 10.1. The number of nitrogens with one attached hydrogen (secondary N) is 3. The van der Waals surface area contributed by atoms with Crippen LogP contribution in [0.1, 0.15) is 26.4 Å². The number of thiophene rings is 1.